The summed E-state index contributed by atoms with van der Waals surface area (Å²) in [6, 6.07) is 17.4. The zero-order valence-electron chi connectivity index (χ0n) is 10.9. The third kappa shape index (κ3) is 3.01. The Balaban J connectivity index is 2.02. The van der Waals surface area contributed by atoms with Gasteiger partial charge in [-0.2, -0.15) is 4.98 Å². The fraction of sp³-hybridized carbons (Fsp3) is 0. The predicted octanol–water partition coefficient (Wildman–Crippen LogP) is 4.68. The molecule has 0 fully saturated rings. The van der Waals surface area contributed by atoms with E-state index in [0.717, 1.165) is 23.0 Å². The molecule has 3 rings (SSSR count). The zero-order chi connectivity index (χ0) is 14.7. The van der Waals surface area contributed by atoms with E-state index in [2.05, 4.69) is 15.3 Å². The first-order valence-electron chi connectivity index (χ1n) is 6.33. The number of benzene rings is 2. The summed E-state index contributed by atoms with van der Waals surface area (Å²) in [5, 5.41) is 2.97. The first-order valence-corrected chi connectivity index (χ1v) is 6.71. The minimum atomic E-state index is -0.553. The highest BCUT2D eigenvalue weighted by Crippen LogP contribution is 2.30. The SMILES string of the molecule is Fc1cnc(Cl)nc1Nc1ccccc1-c1ccccc1. The Labute approximate surface area is 126 Å². The van der Waals surface area contributed by atoms with Crippen LogP contribution in [-0.4, -0.2) is 9.97 Å². The van der Waals surface area contributed by atoms with Crippen LogP contribution < -0.4 is 5.32 Å². The Morgan fingerprint density at radius 3 is 2.48 bits per heavy atom. The van der Waals surface area contributed by atoms with E-state index in [9.17, 15) is 4.39 Å². The van der Waals surface area contributed by atoms with Crippen molar-refractivity contribution in [2.45, 2.75) is 0 Å². The zero-order valence-corrected chi connectivity index (χ0v) is 11.7. The molecule has 2 aromatic carbocycles. The summed E-state index contributed by atoms with van der Waals surface area (Å²) in [4.78, 5) is 7.47. The molecule has 0 atom stereocenters. The maximum Gasteiger partial charge on any atom is 0.224 e. The number of nitrogens with zero attached hydrogens (tertiary/aromatic N) is 2. The number of para-hydroxylation sites is 1. The molecular weight excluding hydrogens is 289 g/mol. The van der Waals surface area contributed by atoms with Gasteiger partial charge < -0.3 is 5.32 Å². The van der Waals surface area contributed by atoms with E-state index in [0.29, 0.717) is 0 Å². The molecule has 1 N–H and O–H groups in total. The van der Waals surface area contributed by atoms with Gasteiger partial charge in [-0.3, -0.25) is 0 Å². The van der Waals surface area contributed by atoms with Crippen molar-refractivity contribution in [2.75, 3.05) is 5.32 Å². The molecule has 21 heavy (non-hydrogen) atoms. The maximum absolute atomic E-state index is 13.7. The number of hydrogen-bond acceptors (Lipinski definition) is 3. The monoisotopic (exact) mass is 299 g/mol. The average molecular weight is 300 g/mol. The smallest absolute Gasteiger partial charge is 0.224 e. The lowest BCUT2D eigenvalue weighted by Gasteiger charge is -2.12. The van der Waals surface area contributed by atoms with Crippen LogP contribution in [0, 0.1) is 5.82 Å². The third-order valence-electron chi connectivity index (χ3n) is 2.98. The molecule has 0 aliphatic carbocycles. The van der Waals surface area contributed by atoms with E-state index in [-0.39, 0.29) is 11.1 Å². The van der Waals surface area contributed by atoms with Gasteiger partial charge in [0.1, 0.15) is 0 Å². The van der Waals surface area contributed by atoms with Crippen LogP contribution in [0.3, 0.4) is 0 Å². The van der Waals surface area contributed by atoms with Crippen molar-refractivity contribution in [3.05, 3.63) is 71.9 Å². The van der Waals surface area contributed by atoms with Crippen molar-refractivity contribution in [1.82, 2.24) is 9.97 Å². The van der Waals surface area contributed by atoms with Crippen molar-refractivity contribution in [1.29, 1.82) is 0 Å². The molecule has 1 aromatic heterocycles. The molecule has 0 spiro atoms. The number of aromatic nitrogens is 2. The third-order valence-corrected chi connectivity index (χ3v) is 3.16. The minimum absolute atomic E-state index is 0.00362. The number of nitrogens with one attached hydrogen (secondary N) is 1. The van der Waals surface area contributed by atoms with Crippen molar-refractivity contribution in [2.24, 2.45) is 0 Å². The summed E-state index contributed by atoms with van der Waals surface area (Å²) in [5.74, 6) is -0.499. The molecule has 104 valence electrons. The van der Waals surface area contributed by atoms with Crippen LogP contribution in [0.1, 0.15) is 0 Å². The number of hydrogen-bond donors (Lipinski definition) is 1. The Kier molecular flexibility index (Phi) is 3.79. The highest BCUT2D eigenvalue weighted by molar-refractivity contribution is 6.28. The van der Waals surface area contributed by atoms with Crippen molar-refractivity contribution < 1.29 is 4.39 Å². The average Bonchev–Trinajstić information content (AvgIpc) is 2.52. The van der Waals surface area contributed by atoms with Crippen LogP contribution in [0.15, 0.2) is 60.8 Å². The molecule has 1 heterocycles. The predicted molar refractivity (Wildman–Crippen MR) is 82.2 cm³/mol. The van der Waals surface area contributed by atoms with Crippen LogP contribution in [0.5, 0.6) is 0 Å². The van der Waals surface area contributed by atoms with Gasteiger partial charge in [0, 0.05) is 11.3 Å². The van der Waals surface area contributed by atoms with E-state index in [4.69, 9.17) is 11.6 Å². The van der Waals surface area contributed by atoms with Gasteiger partial charge in [0.15, 0.2) is 11.6 Å². The second-order valence-electron chi connectivity index (χ2n) is 4.37. The van der Waals surface area contributed by atoms with Gasteiger partial charge in [0.25, 0.3) is 0 Å². The Morgan fingerprint density at radius 1 is 0.952 bits per heavy atom. The first kappa shape index (κ1) is 13.5. The molecule has 0 saturated heterocycles. The molecule has 3 aromatic rings. The van der Waals surface area contributed by atoms with Crippen molar-refractivity contribution in [3.8, 4) is 11.1 Å². The molecule has 0 saturated carbocycles. The Morgan fingerprint density at radius 2 is 1.67 bits per heavy atom. The fourth-order valence-electron chi connectivity index (χ4n) is 2.02. The lowest BCUT2D eigenvalue weighted by molar-refractivity contribution is 0.619. The van der Waals surface area contributed by atoms with E-state index in [1.165, 1.54) is 0 Å². The molecular formula is C16H11ClFN3. The molecule has 0 bridgehead atoms. The van der Waals surface area contributed by atoms with Gasteiger partial charge in [-0.1, -0.05) is 48.5 Å². The minimum Gasteiger partial charge on any atom is -0.337 e. The topological polar surface area (TPSA) is 37.8 Å². The molecule has 3 nitrogen and oxygen atoms in total. The normalized spacial score (nSPS) is 10.4. The van der Waals surface area contributed by atoms with Crippen LogP contribution >= 0.6 is 11.6 Å². The largest absolute Gasteiger partial charge is 0.337 e. The van der Waals surface area contributed by atoms with Gasteiger partial charge in [-0.05, 0) is 23.2 Å². The summed E-state index contributed by atoms with van der Waals surface area (Å²) >= 11 is 5.71. The number of halogens is 2. The van der Waals surface area contributed by atoms with Gasteiger partial charge in [0.2, 0.25) is 5.28 Å². The van der Waals surface area contributed by atoms with E-state index in [1.54, 1.807) is 0 Å². The lowest BCUT2D eigenvalue weighted by atomic mass is 10.0. The standard InChI is InChI=1S/C16H11ClFN3/c17-16-19-10-13(18)15(21-16)20-14-9-5-4-8-12(14)11-6-2-1-3-7-11/h1-10H,(H,19,20,21). The van der Waals surface area contributed by atoms with E-state index >= 15 is 0 Å². The van der Waals surface area contributed by atoms with Gasteiger partial charge in [-0.25, -0.2) is 9.37 Å². The second kappa shape index (κ2) is 5.89. The van der Waals surface area contributed by atoms with E-state index < -0.39 is 5.82 Å². The molecule has 0 radical (unpaired) electrons. The summed E-state index contributed by atoms with van der Waals surface area (Å²) < 4.78 is 13.7. The quantitative estimate of drug-likeness (QED) is 0.714. The summed E-state index contributed by atoms with van der Waals surface area (Å²) in [7, 11) is 0. The van der Waals surface area contributed by atoms with Gasteiger partial charge in [-0.15, -0.1) is 0 Å². The highest BCUT2D eigenvalue weighted by atomic mass is 35.5. The molecule has 0 aliphatic rings. The number of rotatable bonds is 3. The fourth-order valence-corrected chi connectivity index (χ4v) is 2.16. The van der Waals surface area contributed by atoms with Crippen LogP contribution in [0.2, 0.25) is 5.28 Å². The summed E-state index contributed by atoms with van der Waals surface area (Å²) in [6.07, 6.45) is 1.04. The van der Waals surface area contributed by atoms with E-state index in [1.807, 2.05) is 54.6 Å². The summed E-state index contributed by atoms with van der Waals surface area (Å²) in [5.41, 5.74) is 2.73. The van der Waals surface area contributed by atoms with Gasteiger partial charge >= 0.3 is 0 Å². The second-order valence-corrected chi connectivity index (χ2v) is 4.71. The maximum atomic E-state index is 13.7. The van der Waals surface area contributed by atoms with Crippen LogP contribution in [-0.2, 0) is 0 Å². The van der Waals surface area contributed by atoms with Crippen LogP contribution in [0.4, 0.5) is 15.9 Å². The molecule has 0 unspecified atom stereocenters. The molecule has 5 heteroatoms. The molecule has 0 amide bonds. The lowest BCUT2D eigenvalue weighted by Crippen LogP contribution is -2.00. The summed E-state index contributed by atoms with van der Waals surface area (Å²) in [6.45, 7) is 0. The highest BCUT2D eigenvalue weighted by Gasteiger charge is 2.09. The van der Waals surface area contributed by atoms with Crippen LogP contribution in [0.25, 0.3) is 11.1 Å². The van der Waals surface area contributed by atoms with Gasteiger partial charge in [0.05, 0.1) is 6.20 Å². The number of anilines is 2. The van der Waals surface area contributed by atoms with Crippen molar-refractivity contribution in [3.63, 3.8) is 0 Å². The Hall–Kier alpha value is -2.46. The Bertz CT molecular complexity index is 762. The molecule has 0 aliphatic heterocycles. The first-order chi connectivity index (χ1) is 10.2. The van der Waals surface area contributed by atoms with Crippen molar-refractivity contribution >= 4 is 23.1 Å².